The maximum absolute atomic E-state index is 13.1. The van der Waals surface area contributed by atoms with Gasteiger partial charge in [0.15, 0.2) is 0 Å². The van der Waals surface area contributed by atoms with Crippen LogP contribution < -0.4 is 15.3 Å². The fourth-order valence-corrected chi connectivity index (χ4v) is 2.29. The summed E-state index contributed by atoms with van der Waals surface area (Å²) in [6, 6.07) is 4.79. The van der Waals surface area contributed by atoms with E-state index in [-0.39, 0.29) is 12.5 Å². The second-order valence-corrected chi connectivity index (χ2v) is 4.87. The van der Waals surface area contributed by atoms with Crippen LogP contribution in [-0.2, 0) is 13.2 Å². The van der Waals surface area contributed by atoms with Crippen LogP contribution >= 0.6 is 0 Å². The third-order valence-electron chi connectivity index (χ3n) is 3.33. The average molecular weight is 293 g/mol. The van der Waals surface area contributed by atoms with Gasteiger partial charge >= 0.3 is 5.69 Å². The van der Waals surface area contributed by atoms with Crippen LogP contribution in [0.3, 0.4) is 0 Å². The van der Waals surface area contributed by atoms with Crippen molar-refractivity contribution in [2.24, 2.45) is 0 Å². The third kappa shape index (κ3) is 2.72. The monoisotopic (exact) mass is 293 g/mol. The summed E-state index contributed by atoms with van der Waals surface area (Å²) < 4.78 is 33.1. The fraction of sp³-hybridized carbons (Fsp3) is 0.286. The van der Waals surface area contributed by atoms with Gasteiger partial charge in [-0.3, -0.25) is 4.57 Å². The summed E-state index contributed by atoms with van der Waals surface area (Å²) in [5.74, 6) is -0.481. The number of fused-ring (bicyclic) bond motifs is 1. The van der Waals surface area contributed by atoms with Crippen LogP contribution in [0.2, 0.25) is 0 Å². The highest BCUT2D eigenvalue weighted by Gasteiger charge is 2.18. The zero-order chi connectivity index (χ0) is 15.0. The minimum absolute atomic E-state index is 0.0612. The van der Waals surface area contributed by atoms with E-state index in [9.17, 15) is 13.6 Å². The molecule has 7 heteroatoms. The van der Waals surface area contributed by atoms with Crippen LogP contribution in [0.1, 0.15) is 5.56 Å². The standard InChI is InChI=1S/C14H13F2N3O2/c1-18-2-3-19-13(18)7-12(17-14(19)20)21-8-9-4-10(15)6-11(16)5-9/h4-7H,2-3,8H2,1H3. The molecule has 0 unspecified atom stereocenters. The smallest absolute Gasteiger partial charge is 0.352 e. The molecule has 1 aliphatic rings. The molecule has 0 spiro atoms. The summed E-state index contributed by atoms with van der Waals surface area (Å²) in [6.07, 6.45) is 0. The molecule has 21 heavy (non-hydrogen) atoms. The molecule has 0 saturated heterocycles. The molecule has 0 saturated carbocycles. The number of likely N-dealkylation sites (N-methyl/N-ethyl adjacent to an activating group) is 1. The minimum atomic E-state index is -0.671. The zero-order valence-electron chi connectivity index (χ0n) is 11.3. The lowest BCUT2D eigenvalue weighted by molar-refractivity contribution is 0.290. The van der Waals surface area contributed by atoms with E-state index < -0.39 is 17.3 Å². The van der Waals surface area contributed by atoms with Crippen molar-refractivity contribution in [2.75, 3.05) is 18.5 Å². The van der Waals surface area contributed by atoms with Gasteiger partial charge < -0.3 is 9.64 Å². The van der Waals surface area contributed by atoms with Crippen molar-refractivity contribution in [3.8, 4) is 5.88 Å². The summed E-state index contributed by atoms with van der Waals surface area (Å²) in [6.45, 7) is 1.26. The Balaban J connectivity index is 1.81. The molecule has 5 nitrogen and oxygen atoms in total. The molecule has 0 bridgehead atoms. The Kier molecular flexibility index (Phi) is 3.32. The number of halogens is 2. The molecule has 0 atom stereocenters. The molecular weight excluding hydrogens is 280 g/mol. The predicted octanol–water partition coefficient (Wildman–Crippen LogP) is 1.55. The lowest BCUT2D eigenvalue weighted by atomic mass is 10.2. The summed E-state index contributed by atoms with van der Waals surface area (Å²) in [7, 11) is 1.87. The van der Waals surface area contributed by atoms with Gasteiger partial charge in [-0.2, -0.15) is 4.98 Å². The second kappa shape index (κ2) is 5.16. The van der Waals surface area contributed by atoms with Gasteiger partial charge in [-0.25, -0.2) is 13.6 Å². The molecule has 2 aromatic rings. The highest BCUT2D eigenvalue weighted by molar-refractivity contribution is 5.44. The van der Waals surface area contributed by atoms with Crippen molar-refractivity contribution in [1.29, 1.82) is 0 Å². The number of rotatable bonds is 3. The van der Waals surface area contributed by atoms with Crippen LogP contribution in [0.15, 0.2) is 29.1 Å². The quantitative estimate of drug-likeness (QED) is 0.861. The van der Waals surface area contributed by atoms with E-state index in [1.54, 1.807) is 10.6 Å². The number of benzene rings is 1. The molecule has 0 radical (unpaired) electrons. The first-order chi connectivity index (χ1) is 10.0. The van der Waals surface area contributed by atoms with E-state index in [0.29, 0.717) is 12.1 Å². The number of nitrogens with zero attached hydrogens (tertiary/aromatic N) is 3. The van der Waals surface area contributed by atoms with E-state index in [0.717, 1.165) is 18.4 Å². The van der Waals surface area contributed by atoms with Gasteiger partial charge in [0.05, 0.1) is 0 Å². The Bertz CT molecular complexity index is 725. The molecule has 0 fully saturated rings. The number of hydrogen-bond donors (Lipinski definition) is 0. The normalized spacial score (nSPS) is 13.4. The maximum Gasteiger partial charge on any atom is 0.352 e. The molecule has 3 rings (SSSR count). The number of anilines is 1. The molecule has 1 aromatic carbocycles. The van der Waals surface area contributed by atoms with E-state index >= 15 is 0 Å². The second-order valence-electron chi connectivity index (χ2n) is 4.87. The number of aromatic nitrogens is 2. The van der Waals surface area contributed by atoms with Gasteiger partial charge in [0.1, 0.15) is 24.1 Å². The summed E-state index contributed by atoms with van der Waals surface area (Å²) in [5.41, 5.74) is -0.0551. The van der Waals surface area contributed by atoms with E-state index in [1.165, 1.54) is 12.1 Å². The maximum atomic E-state index is 13.1. The van der Waals surface area contributed by atoms with Gasteiger partial charge in [0, 0.05) is 32.3 Å². The summed E-state index contributed by atoms with van der Waals surface area (Å²) in [5, 5.41) is 0. The minimum Gasteiger partial charge on any atom is -0.473 e. The topological polar surface area (TPSA) is 47.4 Å². The van der Waals surface area contributed by atoms with E-state index in [1.807, 2.05) is 11.9 Å². The van der Waals surface area contributed by atoms with Crippen molar-refractivity contribution in [2.45, 2.75) is 13.2 Å². The highest BCUT2D eigenvalue weighted by Crippen LogP contribution is 2.21. The van der Waals surface area contributed by atoms with Crippen LogP contribution in [0, 0.1) is 11.6 Å². The molecule has 2 heterocycles. The summed E-state index contributed by atoms with van der Waals surface area (Å²) in [4.78, 5) is 17.5. The van der Waals surface area contributed by atoms with Crippen molar-refractivity contribution >= 4 is 5.82 Å². The largest absolute Gasteiger partial charge is 0.473 e. The van der Waals surface area contributed by atoms with Crippen molar-refractivity contribution < 1.29 is 13.5 Å². The highest BCUT2D eigenvalue weighted by atomic mass is 19.1. The molecule has 1 aromatic heterocycles. The van der Waals surface area contributed by atoms with Gasteiger partial charge in [0.25, 0.3) is 0 Å². The van der Waals surface area contributed by atoms with Crippen LogP contribution in [0.5, 0.6) is 5.88 Å². The van der Waals surface area contributed by atoms with Gasteiger partial charge in [0.2, 0.25) is 5.88 Å². The van der Waals surface area contributed by atoms with E-state index in [2.05, 4.69) is 4.98 Å². The molecule has 0 aliphatic carbocycles. The number of hydrogen-bond acceptors (Lipinski definition) is 4. The Morgan fingerprint density at radius 3 is 2.62 bits per heavy atom. The molecule has 0 N–H and O–H groups in total. The molecule has 1 aliphatic heterocycles. The Morgan fingerprint density at radius 2 is 1.90 bits per heavy atom. The summed E-state index contributed by atoms with van der Waals surface area (Å²) >= 11 is 0. The van der Waals surface area contributed by atoms with E-state index in [4.69, 9.17) is 4.74 Å². The average Bonchev–Trinajstić information content (AvgIpc) is 2.78. The molecule has 110 valence electrons. The van der Waals surface area contributed by atoms with Crippen molar-refractivity contribution in [1.82, 2.24) is 9.55 Å². The lowest BCUT2D eigenvalue weighted by Crippen LogP contribution is -2.22. The first-order valence-electron chi connectivity index (χ1n) is 6.44. The first-order valence-corrected chi connectivity index (χ1v) is 6.44. The molecular formula is C14H13F2N3O2. The van der Waals surface area contributed by atoms with Crippen molar-refractivity contribution in [3.05, 3.63) is 51.9 Å². The first kappa shape index (κ1) is 13.5. The van der Waals surface area contributed by atoms with Crippen molar-refractivity contribution in [3.63, 3.8) is 0 Å². The number of ether oxygens (including phenoxy) is 1. The molecule has 0 amide bonds. The van der Waals surface area contributed by atoms with Crippen LogP contribution in [0.4, 0.5) is 14.6 Å². The van der Waals surface area contributed by atoms with Gasteiger partial charge in [-0.05, 0) is 17.7 Å². The fourth-order valence-electron chi connectivity index (χ4n) is 2.29. The predicted molar refractivity (Wildman–Crippen MR) is 72.5 cm³/mol. The third-order valence-corrected chi connectivity index (χ3v) is 3.33. The Labute approximate surface area is 119 Å². The zero-order valence-corrected chi connectivity index (χ0v) is 11.3. The SMILES string of the molecule is CN1CCn2c1cc(OCc1cc(F)cc(F)c1)nc2=O. The van der Waals surface area contributed by atoms with Crippen LogP contribution in [-0.4, -0.2) is 23.1 Å². The van der Waals surface area contributed by atoms with Gasteiger partial charge in [-0.1, -0.05) is 0 Å². The van der Waals surface area contributed by atoms with Crippen LogP contribution in [0.25, 0.3) is 0 Å². The Morgan fingerprint density at radius 1 is 1.19 bits per heavy atom. The Hall–Kier alpha value is -2.44. The van der Waals surface area contributed by atoms with Gasteiger partial charge in [-0.15, -0.1) is 0 Å². The lowest BCUT2D eigenvalue weighted by Gasteiger charge is -2.12.